The highest BCUT2D eigenvalue weighted by Crippen LogP contribution is 2.52. The molecular weight excluding hydrogens is 405 g/mol. The lowest BCUT2D eigenvalue weighted by Gasteiger charge is -2.23. The molecule has 0 aliphatic rings. The number of carbonyl (C=O) groups excluding carboxylic acids is 1. The fourth-order valence-corrected chi connectivity index (χ4v) is 5.55. The Labute approximate surface area is 157 Å². The van der Waals surface area contributed by atoms with Gasteiger partial charge in [0.1, 0.15) is 0 Å². The first-order chi connectivity index (χ1) is 12.9. The Hall–Kier alpha value is -2.08. The molecule has 2 nitrogen and oxygen atoms in total. The number of carbonyl (C=O) groups is 1. The van der Waals surface area contributed by atoms with Crippen LogP contribution in [0.3, 0.4) is 0 Å². The molecule has 0 saturated heterocycles. The summed E-state index contributed by atoms with van der Waals surface area (Å²) < 4.78 is 94.0. The van der Waals surface area contributed by atoms with Crippen molar-refractivity contribution in [2.75, 3.05) is 6.16 Å². The van der Waals surface area contributed by atoms with Crippen LogP contribution < -0.4 is 5.30 Å². The van der Waals surface area contributed by atoms with Crippen LogP contribution in [0, 0.1) is 0 Å². The van der Waals surface area contributed by atoms with E-state index in [1.54, 1.807) is 13.0 Å². The third kappa shape index (κ3) is 4.49. The molecule has 0 saturated carbocycles. The van der Waals surface area contributed by atoms with Crippen molar-refractivity contribution < 1.29 is 35.7 Å². The first-order valence-electron chi connectivity index (χ1n) is 8.40. The molecule has 2 aromatic carbocycles. The maximum absolute atomic E-state index is 13.5. The molecule has 0 aromatic heterocycles. The van der Waals surface area contributed by atoms with Crippen LogP contribution in [0.15, 0.2) is 48.5 Å². The van der Waals surface area contributed by atoms with Crippen LogP contribution in [0.25, 0.3) is 0 Å². The number of hydrogen-bond donors (Lipinski definition) is 0. The molecule has 2 rings (SSSR count). The Morgan fingerprint density at radius 2 is 1.36 bits per heavy atom. The van der Waals surface area contributed by atoms with Gasteiger partial charge in [0.25, 0.3) is 0 Å². The van der Waals surface area contributed by atoms with E-state index in [1.165, 1.54) is 24.3 Å². The third-order valence-electron chi connectivity index (χ3n) is 4.22. The van der Waals surface area contributed by atoms with Gasteiger partial charge < -0.3 is 4.57 Å². The molecule has 0 spiro atoms. The molecule has 1 atom stereocenters. The zero-order valence-electron chi connectivity index (χ0n) is 14.8. The zero-order valence-corrected chi connectivity index (χ0v) is 15.7. The summed E-state index contributed by atoms with van der Waals surface area (Å²) in [6.45, 7) is 1.71. The predicted octanol–water partition coefficient (Wildman–Crippen LogP) is 6.35. The van der Waals surface area contributed by atoms with Crippen molar-refractivity contribution in [2.24, 2.45) is 0 Å². The zero-order chi connectivity index (χ0) is 21.2. The lowest BCUT2D eigenvalue weighted by Crippen LogP contribution is -2.24. The smallest absolute Gasteiger partial charge is 0.310 e. The van der Waals surface area contributed by atoms with Gasteiger partial charge in [-0.15, -0.1) is 0 Å². The van der Waals surface area contributed by atoms with Crippen LogP contribution in [0.5, 0.6) is 0 Å². The lowest BCUT2D eigenvalue weighted by molar-refractivity contribution is -0.143. The summed E-state index contributed by atoms with van der Waals surface area (Å²) >= 11 is 0. The van der Waals surface area contributed by atoms with Gasteiger partial charge in [0, 0.05) is 11.5 Å². The number of alkyl halides is 6. The molecule has 0 aliphatic heterocycles. The van der Waals surface area contributed by atoms with E-state index >= 15 is 0 Å². The second-order valence-corrected chi connectivity index (χ2v) is 9.03. The number of halogens is 6. The maximum atomic E-state index is 13.5. The van der Waals surface area contributed by atoms with E-state index in [0.29, 0.717) is 24.6 Å². The van der Waals surface area contributed by atoms with E-state index in [2.05, 4.69) is 0 Å². The number of benzene rings is 2. The molecule has 152 valence electrons. The van der Waals surface area contributed by atoms with Crippen LogP contribution in [0.4, 0.5) is 26.3 Å². The molecule has 1 unspecified atom stereocenters. The van der Waals surface area contributed by atoms with Crippen LogP contribution >= 0.6 is 7.14 Å². The highest BCUT2D eigenvalue weighted by molar-refractivity contribution is 7.87. The largest absolute Gasteiger partial charge is 0.417 e. The molecule has 0 heterocycles. The summed E-state index contributed by atoms with van der Waals surface area (Å²) in [5, 5.41) is -0.0569. The minimum atomic E-state index is -5.21. The van der Waals surface area contributed by atoms with E-state index < -0.39 is 41.7 Å². The summed E-state index contributed by atoms with van der Waals surface area (Å²) in [6.07, 6.45) is -10.0. The van der Waals surface area contributed by atoms with Gasteiger partial charge >= 0.3 is 12.4 Å². The Kier molecular flexibility index (Phi) is 6.44. The standard InChI is InChI=1S/C19H17F6O2P/c1-2-3-12-28(27,13-8-5-4-6-9-13)17(26)16-14(18(20,21)22)10-7-11-15(16)19(23,24)25/h4-11H,2-3,12H2,1H3. The Morgan fingerprint density at radius 1 is 0.857 bits per heavy atom. The molecule has 2 aromatic rings. The minimum Gasteiger partial charge on any atom is -0.310 e. The van der Waals surface area contributed by atoms with Crippen LogP contribution in [-0.4, -0.2) is 11.7 Å². The maximum Gasteiger partial charge on any atom is 0.417 e. The Bertz CT molecular complexity index is 855. The van der Waals surface area contributed by atoms with E-state index in [-0.39, 0.29) is 17.9 Å². The second-order valence-electron chi connectivity index (χ2n) is 6.18. The van der Waals surface area contributed by atoms with Gasteiger partial charge in [0.15, 0.2) is 7.14 Å². The average molecular weight is 422 g/mol. The van der Waals surface area contributed by atoms with Crippen molar-refractivity contribution in [3.63, 3.8) is 0 Å². The minimum absolute atomic E-state index is 0.0569. The summed E-state index contributed by atoms with van der Waals surface area (Å²) in [5.41, 5.74) is -6.67. The van der Waals surface area contributed by atoms with Gasteiger partial charge in [-0.05, 0) is 18.6 Å². The van der Waals surface area contributed by atoms with Gasteiger partial charge in [0.05, 0.1) is 16.7 Å². The van der Waals surface area contributed by atoms with E-state index in [4.69, 9.17) is 0 Å². The van der Waals surface area contributed by atoms with Gasteiger partial charge in [-0.1, -0.05) is 49.7 Å². The lowest BCUT2D eigenvalue weighted by atomic mass is 10.0. The van der Waals surface area contributed by atoms with Crippen molar-refractivity contribution in [3.05, 3.63) is 65.2 Å². The van der Waals surface area contributed by atoms with Crippen molar-refractivity contribution in [2.45, 2.75) is 32.1 Å². The quantitative estimate of drug-likeness (QED) is 0.401. The predicted molar refractivity (Wildman–Crippen MR) is 94.2 cm³/mol. The topological polar surface area (TPSA) is 34.1 Å². The van der Waals surface area contributed by atoms with Crippen LogP contribution in [0.2, 0.25) is 0 Å². The molecule has 0 radical (unpaired) electrons. The van der Waals surface area contributed by atoms with Gasteiger partial charge in [0.2, 0.25) is 5.52 Å². The molecule has 0 bridgehead atoms. The molecule has 0 N–H and O–H groups in total. The van der Waals surface area contributed by atoms with E-state index in [0.717, 1.165) is 0 Å². The van der Waals surface area contributed by atoms with Crippen molar-refractivity contribution >= 4 is 18.0 Å². The van der Waals surface area contributed by atoms with Crippen molar-refractivity contribution in [1.82, 2.24) is 0 Å². The second kappa shape index (κ2) is 8.11. The highest BCUT2D eigenvalue weighted by Gasteiger charge is 2.46. The molecule has 0 fully saturated rings. The molecule has 28 heavy (non-hydrogen) atoms. The number of hydrogen-bond acceptors (Lipinski definition) is 2. The molecule has 9 heteroatoms. The SMILES string of the molecule is CCCCP(=O)(C(=O)c1c(C(F)(F)F)cccc1C(F)(F)F)c1ccccc1. The monoisotopic (exact) mass is 422 g/mol. The third-order valence-corrected chi connectivity index (χ3v) is 7.18. The first-order valence-corrected chi connectivity index (χ1v) is 10.3. The first kappa shape index (κ1) is 22.2. The Morgan fingerprint density at radius 3 is 1.79 bits per heavy atom. The normalized spacial score (nSPS) is 14.5. The summed E-state index contributed by atoms with van der Waals surface area (Å²) in [7, 11) is -4.23. The van der Waals surface area contributed by atoms with Crippen molar-refractivity contribution in [3.8, 4) is 0 Å². The fourth-order valence-electron chi connectivity index (χ4n) is 2.83. The average Bonchev–Trinajstić information content (AvgIpc) is 2.64. The van der Waals surface area contributed by atoms with Crippen molar-refractivity contribution in [1.29, 1.82) is 0 Å². The molecular formula is C19H17F6O2P. The molecule has 0 aliphatic carbocycles. The summed E-state index contributed by atoms with van der Waals surface area (Å²) in [6, 6.07) is 8.37. The molecule has 0 amide bonds. The fraction of sp³-hybridized carbons (Fsp3) is 0.316. The van der Waals surface area contributed by atoms with Crippen LogP contribution in [0.1, 0.15) is 41.3 Å². The van der Waals surface area contributed by atoms with E-state index in [1.807, 2.05) is 0 Å². The number of unbranched alkanes of at least 4 members (excludes halogenated alkanes) is 1. The Balaban J connectivity index is 2.80. The number of rotatable bonds is 6. The van der Waals surface area contributed by atoms with Gasteiger partial charge in [-0.2, -0.15) is 26.3 Å². The summed E-state index contributed by atoms with van der Waals surface area (Å²) in [5.74, 6) is 0. The van der Waals surface area contributed by atoms with Crippen LogP contribution in [-0.2, 0) is 16.9 Å². The summed E-state index contributed by atoms with van der Waals surface area (Å²) in [4.78, 5) is 13.0. The highest BCUT2D eigenvalue weighted by atomic mass is 31.2. The van der Waals surface area contributed by atoms with Gasteiger partial charge in [-0.25, -0.2) is 0 Å². The van der Waals surface area contributed by atoms with Gasteiger partial charge in [-0.3, -0.25) is 4.79 Å². The van der Waals surface area contributed by atoms with E-state index in [9.17, 15) is 35.7 Å².